The fourth-order valence-electron chi connectivity index (χ4n) is 15.9. The molecule has 16 bridgehead atoms. The van der Waals surface area contributed by atoms with Gasteiger partial charge in [-0.3, -0.25) is 38.4 Å². The molecule has 8 aromatic rings. The van der Waals surface area contributed by atoms with Crippen LogP contribution in [0.4, 0.5) is 0 Å². The summed E-state index contributed by atoms with van der Waals surface area (Å²) < 4.78 is 35.4. The summed E-state index contributed by atoms with van der Waals surface area (Å²) in [6.45, 7) is 30.0. The highest BCUT2D eigenvalue weighted by molar-refractivity contribution is 6.02. The van der Waals surface area contributed by atoms with Gasteiger partial charge in [-0.25, -0.2) is 14.4 Å². The van der Waals surface area contributed by atoms with E-state index in [2.05, 4.69) is 19.7 Å². The van der Waals surface area contributed by atoms with Crippen molar-refractivity contribution in [1.82, 2.24) is 0 Å². The Morgan fingerprint density at radius 2 is 0.352 bits per heavy atom. The Labute approximate surface area is 749 Å². The molecule has 0 aliphatic heterocycles. The van der Waals surface area contributed by atoms with Crippen LogP contribution in [0.2, 0.25) is 0 Å². The number of aromatic hydroxyl groups is 5. The van der Waals surface area contributed by atoms with Crippen molar-refractivity contribution in [3.05, 3.63) is 267 Å². The molecule has 22 heteroatoms. The number of phenolic OH excluding ortho intramolecular Hbond substituents is 5. The zero-order valence-electron chi connectivity index (χ0n) is 75.7. The van der Waals surface area contributed by atoms with E-state index in [-0.39, 0.29) is 234 Å². The molecule has 0 atom stereocenters. The molecule has 0 heterocycles. The standard InChI is InChI=1S/C56H64O12.C50H56O10/c1-9-13-47(57)35-21-39-29-43-25-37(49(59)15-11-3)27-45(53(43)65-17-19-67-55(63)33(5)6)31-41-23-36(48(58)14-10-2)24-42(52(41)62)32-46-28-38(50(60)16-12-4)26-44(30-40(22-35)51(39)61)54(46)66-18-20-68-56(64)34(7)8;1-7-11-42(51)30-17-34-25-36-19-31(43(52)12-8-2)21-38(47(36)56)27-40-23-33(45(54)14-10-4)24-41(49(40)59-15-16-60-50(58)29(5)6)28-39-22-32(44(53)13-9-3)20-37(48(39)57)26-35(18-30)46(34)55/h21-28,61-62H,5,7,9-20,29-32H2,1-4,6,8H3;17-24,55-57H,5,7-16,25-28H2,1-4,6H3. The molecule has 0 amide bonds. The third-order valence-corrected chi connectivity index (χ3v) is 22.2. The maximum Gasteiger partial charge on any atom is 0.333 e. The number of carbonyl (C=O) groups is 11. The largest absolute Gasteiger partial charge is 0.507 e. The lowest BCUT2D eigenvalue weighted by atomic mass is 9.86. The van der Waals surface area contributed by atoms with E-state index in [1.165, 1.54) is 20.8 Å². The van der Waals surface area contributed by atoms with Crippen LogP contribution in [-0.2, 0) is 80.0 Å². The molecule has 22 nitrogen and oxygen atoms in total. The molecular weight excluding hydrogens is 1630 g/mol. The minimum atomic E-state index is -0.598. The molecule has 0 aromatic heterocycles. The van der Waals surface area contributed by atoms with Crippen molar-refractivity contribution in [2.75, 3.05) is 39.6 Å². The van der Waals surface area contributed by atoms with Crippen molar-refractivity contribution in [2.45, 2.75) is 230 Å². The van der Waals surface area contributed by atoms with Crippen molar-refractivity contribution < 1.29 is 107 Å². The molecule has 0 spiro atoms. The maximum atomic E-state index is 13.8. The van der Waals surface area contributed by atoms with Gasteiger partial charge < -0.3 is 54.0 Å². The molecule has 2 aliphatic carbocycles. The number of ketones is 8. The van der Waals surface area contributed by atoms with Gasteiger partial charge in [0.2, 0.25) is 0 Å². The maximum absolute atomic E-state index is 13.8. The van der Waals surface area contributed by atoms with Crippen molar-refractivity contribution >= 4 is 64.2 Å². The van der Waals surface area contributed by atoms with Crippen LogP contribution in [0.1, 0.15) is 351 Å². The Balaban J connectivity index is 0.000000291. The first-order chi connectivity index (χ1) is 61.2. The smallest absolute Gasteiger partial charge is 0.333 e. The minimum absolute atomic E-state index is 0.00821. The summed E-state index contributed by atoms with van der Waals surface area (Å²) in [5.41, 5.74) is 9.86. The van der Waals surface area contributed by atoms with E-state index in [1.54, 1.807) is 97.1 Å². The lowest BCUT2D eigenvalue weighted by Gasteiger charge is -2.23. The van der Waals surface area contributed by atoms with Crippen LogP contribution < -0.4 is 14.2 Å². The second kappa shape index (κ2) is 46.6. The molecule has 0 fully saturated rings. The average molecular weight is 1750 g/mol. The summed E-state index contributed by atoms with van der Waals surface area (Å²) in [5, 5.41) is 60.8. The van der Waals surface area contributed by atoms with Gasteiger partial charge in [-0.2, -0.15) is 0 Å². The SMILES string of the molecule is C=C(C)C(=O)OCCOc1c2cc(C(=O)CCC)cc1Cc1cc(C(=O)CCC)cc(c1O)Cc1cc(C(=O)CCC)cc(c1O)Cc1cc(C(=O)CCC)cc(c1O)C2.C=C(C)C(=O)OCCOc1c2cc(C(=O)CCC)cc1Cc1cc(C(=O)CCC)cc(c1O)Cc1cc(C(=O)CCC)cc(c1OCCOC(=O)C(=C)C)Cc1cc(C(=O)CCC)cc(c1O)C2. The van der Waals surface area contributed by atoms with E-state index < -0.39 is 17.9 Å². The fraction of sp³-hybridized carbons (Fsp3) is 0.387. The van der Waals surface area contributed by atoms with Gasteiger partial charge in [0, 0.05) is 164 Å². The highest BCUT2D eigenvalue weighted by Gasteiger charge is 2.31. The van der Waals surface area contributed by atoms with Crippen LogP contribution in [0.5, 0.6) is 46.0 Å². The number of phenols is 5. The number of ether oxygens (including phenoxy) is 6. The number of esters is 3. The van der Waals surface area contributed by atoms with Crippen LogP contribution in [0.15, 0.2) is 134 Å². The zero-order chi connectivity index (χ0) is 93.3. The lowest BCUT2D eigenvalue weighted by molar-refractivity contribution is -0.140. The van der Waals surface area contributed by atoms with E-state index in [1.807, 2.05) is 55.4 Å². The van der Waals surface area contributed by atoms with E-state index >= 15 is 0 Å². The summed E-state index contributed by atoms with van der Waals surface area (Å²) in [6, 6.07) is 26.5. The molecule has 676 valence electrons. The quantitative estimate of drug-likeness (QED) is 0.00785. The second-order valence-corrected chi connectivity index (χ2v) is 33.2. The number of fused-ring (bicyclic) bond motifs is 16. The van der Waals surface area contributed by atoms with E-state index in [0.717, 1.165) is 0 Å². The van der Waals surface area contributed by atoms with Crippen LogP contribution in [0, 0.1) is 0 Å². The van der Waals surface area contributed by atoms with Gasteiger partial charge in [-0.15, -0.1) is 0 Å². The van der Waals surface area contributed by atoms with E-state index in [0.29, 0.717) is 202 Å². The Morgan fingerprint density at radius 3 is 0.477 bits per heavy atom. The van der Waals surface area contributed by atoms with Gasteiger partial charge in [0.1, 0.15) is 85.6 Å². The summed E-state index contributed by atoms with van der Waals surface area (Å²) in [5.74, 6) is -2.66. The van der Waals surface area contributed by atoms with Crippen molar-refractivity contribution in [3.63, 3.8) is 0 Å². The monoisotopic (exact) mass is 1740 g/mol. The van der Waals surface area contributed by atoms with Gasteiger partial charge in [0.05, 0.1) is 0 Å². The Bertz CT molecular complexity index is 5230. The van der Waals surface area contributed by atoms with Crippen LogP contribution in [-0.4, -0.2) is 129 Å². The highest BCUT2D eigenvalue weighted by Crippen LogP contribution is 2.45. The minimum Gasteiger partial charge on any atom is -0.507 e. The topological polar surface area (TPSA) is 344 Å². The third kappa shape index (κ3) is 25.5. The molecule has 128 heavy (non-hydrogen) atoms. The first-order valence-electron chi connectivity index (χ1n) is 44.5. The number of hydrogen-bond acceptors (Lipinski definition) is 22. The summed E-state index contributed by atoms with van der Waals surface area (Å²) in [7, 11) is 0. The molecular formula is C106H120O22. The summed E-state index contributed by atoms with van der Waals surface area (Å²) >= 11 is 0. The van der Waals surface area contributed by atoms with E-state index in [9.17, 15) is 78.3 Å². The van der Waals surface area contributed by atoms with Crippen LogP contribution in [0.25, 0.3) is 0 Å². The number of hydrogen-bond donors (Lipinski definition) is 5. The van der Waals surface area contributed by atoms with Crippen molar-refractivity contribution in [2.24, 2.45) is 0 Å². The highest BCUT2D eigenvalue weighted by atomic mass is 16.6. The average Bonchev–Trinajstić information content (AvgIpc) is 0.772. The first-order valence-corrected chi connectivity index (χ1v) is 44.5. The number of Topliss-reactive ketones (excluding diaryl/α,β-unsaturated/α-hetero) is 8. The summed E-state index contributed by atoms with van der Waals surface area (Å²) in [4.78, 5) is 146. The molecule has 2 aliphatic rings. The Kier molecular flexibility index (Phi) is 36.0. The molecule has 8 aromatic carbocycles. The van der Waals surface area contributed by atoms with Crippen molar-refractivity contribution in [1.29, 1.82) is 0 Å². The normalized spacial score (nSPS) is 12.0. The van der Waals surface area contributed by atoms with E-state index in [4.69, 9.17) is 28.4 Å². The number of benzene rings is 8. The number of rotatable bonds is 39. The fourth-order valence-corrected chi connectivity index (χ4v) is 15.9. The predicted molar refractivity (Wildman–Crippen MR) is 490 cm³/mol. The van der Waals surface area contributed by atoms with Gasteiger partial charge in [-0.05, 0) is 258 Å². The molecule has 0 saturated carbocycles. The zero-order valence-corrected chi connectivity index (χ0v) is 75.7. The van der Waals surface area contributed by atoms with Gasteiger partial charge in [0.25, 0.3) is 0 Å². The molecule has 0 saturated heterocycles. The first kappa shape index (κ1) is 98.9. The van der Waals surface area contributed by atoms with Crippen LogP contribution >= 0.6 is 0 Å². The Morgan fingerprint density at radius 1 is 0.227 bits per heavy atom. The van der Waals surface area contributed by atoms with Gasteiger partial charge >= 0.3 is 17.9 Å². The molecule has 10 rings (SSSR count). The number of carbonyl (C=O) groups excluding carboxylic acids is 11. The third-order valence-electron chi connectivity index (χ3n) is 22.2. The Hall–Kier alpha value is -12.9. The second-order valence-electron chi connectivity index (χ2n) is 33.2. The lowest BCUT2D eigenvalue weighted by Crippen LogP contribution is -2.15. The van der Waals surface area contributed by atoms with Crippen LogP contribution in [0.3, 0.4) is 0 Å². The van der Waals surface area contributed by atoms with Gasteiger partial charge in [0.15, 0.2) is 46.3 Å². The summed E-state index contributed by atoms with van der Waals surface area (Å²) in [6.07, 6.45) is 6.39. The molecule has 5 N–H and O–H groups in total. The van der Waals surface area contributed by atoms with Crippen molar-refractivity contribution in [3.8, 4) is 46.0 Å². The predicted octanol–water partition coefficient (Wildman–Crippen LogP) is 20.6. The molecule has 0 unspecified atom stereocenters. The molecule has 0 radical (unpaired) electrons. The van der Waals surface area contributed by atoms with Gasteiger partial charge in [-0.1, -0.05) is 75.1 Å².